The van der Waals surface area contributed by atoms with Crippen LogP contribution < -0.4 is 15.4 Å². The zero-order chi connectivity index (χ0) is 24.3. The first-order valence-corrected chi connectivity index (χ1v) is 12.0. The summed E-state index contributed by atoms with van der Waals surface area (Å²) in [5, 5.41) is 6.47. The molecule has 0 amide bonds. The third kappa shape index (κ3) is 5.68. The van der Waals surface area contributed by atoms with Gasteiger partial charge in [0, 0.05) is 23.1 Å². The van der Waals surface area contributed by atoms with Crippen molar-refractivity contribution in [1.29, 1.82) is 0 Å². The molecule has 0 spiro atoms. The van der Waals surface area contributed by atoms with Gasteiger partial charge in [-0.2, -0.15) is 0 Å². The molecular formula is C25H24FN5O2S. The minimum absolute atomic E-state index is 0.0289. The maximum atomic E-state index is 13.3. The lowest BCUT2D eigenvalue weighted by Gasteiger charge is -2.12. The van der Waals surface area contributed by atoms with Crippen LogP contribution in [0.25, 0.3) is 0 Å². The van der Waals surface area contributed by atoms with Gasteiger partial charge in [0.25, 0.3) is 10.0 Å². The molecule has 0 aliphatic carbocycles. The van der Waals surface area contributed by atoms with Gasteiger partial charge in [0.05, 0.1) is 4.90 Å². The van der Waals surface area contributed by atoms with Crippen LogP contribution >= 0.6 is 0 Å². The van der Waals surface area contributed by atoms with E-state index in [2.05, 4.69) is 25.3 Å². The first kappa shape index (κ1) is 23.2. The summed E-state index contributed by atoms with van der Waals surface area (Å²) in [5.74, 6) is 1.36. The highest BCUT2D eigenvalue weighted by atomic mass is 32.2. The molecule has 0 fully saturated rings. The van der Waals surface area contributed by atoms with Gasteiger partial charge in [-0.25, -0.2) is 22.8 Å². The van der Waals surface area contributed by atoms with E-state index in [4.69, 9.17) is 0 Å². The number of nitrogens with zero attached hydrogens (tertiary/aromatic N) is 2. The van der Waals surface area contributed by atoms with Crippen LogP contribution in [0.2, 0.25) is 0 Å². The number of nitrogens with one attached hydrogen (secondary N) is 3. The third-order valence-corrected chi connectivity index (χ3v) is 6.54. The van der Waals surface area contributed by atoms with E-state index in [9.17, 15) is 12.8 Å². The lowest BCUT2D eigenvalue weighted by atomic mass is 10.2. The van der Waals surface area contributed by atoms with E-state index in [1.165, 1.54) is 17.7 Å². The SMILES string of the molecule is Cc1ccc(Nc2cc(Nc3ccc(NS(=O)(=O)c4ccc(F)cc4C)cc3)nc(C)n2)cc1. The lowest BCUT2D eigenvalue weighted by molar-refractivity contribution is 0.598. The van der Waals surface area contributed by atoms with Crippen LogP contribution in [0.3, 0.4) is 0 Å². The Bertz CT molecular complexity index is 1420. The summed E-state index contributed by atoms with van der Waals surface area (Å²) in [4.78, 5) is 8.87. The molecule has 7 nitrogen and oxygen atoms in total. The van der Waals surface area contributed by atoms with Crippen molar-refractivity contribution >= 4 is 38.7 Å². The maximum absolute atomic E-state index is 13.3. The highest BCUT2D eigenvalue weighted by Gasteiger charge is 2.17. The van der Waals surface area contributed by atoms with Crippen LogP contribution in [-0.2, 0) is 10.0 Å². The number of hydrogen-bond acceptors (Lipinski definition) is 6. The van der Waals surface area contributed by atoms with Gasteiger partial charge < -0.3 is 10.6 Å². The van der Waals surface area contributed by atoms with Crippen molar-refractivity contribution in [2.75, 3.05) is 15.4 Å². The van der Waals surface area contributed by atoms with Crippen LogP contribution in [0.4, 0.5) is 33.1 Å². The van der Waals surface area contributed by atoms with Gasteiger partial charge in [-0.15, -0.1) is 0 Å². The van der Waals surface area contributed by atoms with Gasteiger partial charge in [-0.3, -0.25) is 4.72 Å². The van der Waals surface area contributed by atoms with Gasteiger partial charge >= 0.3 is 0 Å². The second-order valence-electron chi connectivity index (χ2n) is 7.89. The zero-order valence-electron chi connectivity index (χ0n) is 18.9. The molecule has 0 saturated carbocycles. The number of halogens is 1. The third-order valence-electron chi connectivity index (χ3n) is 5.00. The molecule has 0 saturated heterocycles. The predicted octanol–water partition coefficient (Wildman–Crippen LogP) is 5.83. The van der Waals surface area contributed by atoms with E-state index < -0.39 is 15.8 Å². The van der Waals surface area contributed by atoms with Crippen molar-refractivity contribution < 1.29 is 12.8 Å². The van der Waals surface area contributed by atoms with Crippen LogP contribution in [0, 0.1) is 26.6 Å². The Hall–Kier alpha value is -3.98. The molecule has 0 bridgehead atoms. The number of rotatable bonds is 7. The summed E-state index contributed by atoms with van der Waals surface area (Å²) in [6.45, 7) is 5.39. The first-order valence-electron chi connectivity index (χ1n) is 10.5. The van der Waals surface area contributed by atoms with Crippen LogP contribution in [0.15, 0.2) is 77.7 Å². The van der Waals surface area contributed by atoms with Gasteiger partial charge in [0.15, 0.2) is 0 Å². The second-order valence-corrected chi connectivity index (χ2v) is 9.55. The number of sulfonamides is 1. The second kappa shape index (κ2) is 9.48. The molecule has 0 radical (unpaired) electrons. The largest absolute Gasteiger partial charge is 0.340 e. The summed E-state index contributed by atoms with van der Waals surface area (Å²) in [6.07, 6.45) is 0. The summed E-state index contributed by atoms with van der Waals surface area (Å²) in [7, 11) is -3.84. The minimum atomic E-state index is -3.84. The summed E-state index contributed by atoms with van der Waals surface area (Å²) in [5.41, 5.74) is 3.53. The molecule has 4 aromatic rings. The van der Waals surface area contributed by atoms with Crippen LogP contribution in [0.5, 0.6) is 0 Å². The van der Waals surface area contributed by atoms with Gasteiger partial charge in [0.1, 0.15) is 23.3 Å². The molecule has 174 valence electrons. The Morgan fingerprint density at radius 2 is 1.24 bits per heavy atom. The molecule has 0 aliphatic rings. The zero-order valence-corrected chi connectivity index (χ0v) is 19.7. The normalized spacial score (nSPS) is 11.2. The predicted molar refractivity (Wildman–Crippen MR) is 133 cm³/mol. The van der Waals surface area contributed by atoms with Crippen molar-refractivity contribution in [3.05, 3.63) is 95.6 Å². The molecule has 3 N–H and O–H groups in total. The molecule has 34 heavy (non-hydrogen) atoms. The Kier molecular flexibility index (Phi) is 6.47. The Labute approximate surface area is 198 Å². The number of anilines is 5. The Balaban J connectivity index is 1.47. The quantitative estimate of drug-likeness (QED) is 0.310. The standard InChI is InChI=1S/C25H24FN5O2S/c1-16-4-7-20(8-5-16)29-24-15-25(28-18(3)27-24)30-21-9-11-22(12-10-21)31-34(32,33)23-13-6-19(26)14-17(23)2/h4-15,31H,1-3H3,(H2,27,28,29,30). The Morgan fingerprint density at radius 1 is 0.706 bits per heavy atom. The molecule has 1 aromatic heterocycles. The number of hydrogen-bond donors (Lipinski definition) is 3. The van der Waals surface area contributed by atoms with E-state index in [1.54, 1.807) is 44.2 Å². The fraction of sp³-hybridized carbons (Fsp3) is 0.120. The molecule has 9 heteroatoms. The van der Waals surface area contributed by atoms with E-state index >= 15 is 0 Å². The fourth-order valence-corrected chi connectivity index (χ4v) is 4.66. The molecule has 4 rings (SSSR count). The molecule has 0 aliphatic heterocycles. The van der Waals surface area contributed by atoms with Crippen molar-refractivity contribution in [2.45, 2.75) is 25.7 Å². The van der Waals surface area contributed by atoms with E-state index in [0.717, 1.165) is 17.4 Å². The highest BCUT2D eigenvalue weighted by Crippen LogP contribution is 2.24. The van der Waals surface area contributed by atoms with E-state index in [-0.39, 0.29) is 4.90 Å². The van der Waals surface area contributed by atoms with Crippen molar-refractivity contribution in [2.24, 2.45) is 0 Å². The number of aromatic nitrogens is 2. The average Bonchev–Trinajstić information content (AvgIpc) is 2.76. The maximum Gasteiger partial charge on any atom is 0.262 e. The lowest BCUT2D eigenvalue weighted by Crippen LogP contribution is -2.14. The van der Waals surface area contributed by atoms with Crippen molar-refractivity contribution in [3.63, 3.8) is 0 Å². The average molecular weight is 478 g/mol. The highest BCUT2D eigenvalue weighted by molar-refractivity contribution is 7.92. The van der Waals surface area contributed by atoms with Crippen LogP contribution in [-0.4, -0.2) is 18.4 Å². The molecule has 0 unspecified atom stereocenters. The van der Waals surface area contributed by atoms with Gasteiger partial charge in [0.2, 0.25) is 0 Å². The van der Waals surface area contributed by atoms with Gasteiger partial charge in [-0.1, -0.05) is 17.7 Å². The molecule has 1 heterocycles. The van der Waals surface area contributed by atoms with E-state index in [1.807, 2.05) is 31.2 Å². The summed E-state index contributed by atoms with van der Waals surface area (Å²) < 4.78 is 41.2. The topological polar surface area (TPSA) is 96.0 Å². The summed E-state index contributed by atoms with van der Waals surface area (Å²) in [6, 6.07) is 20.1. The summed E-state index contributed by atoms with van der Waals surface area (Å²) >= 11 is 0. The smallest absolute Gasteiger partial charge is 0.262 e. The van der Waals surface area contributed by atoms with Crippen molar-refractivity contribution in [3.8, 4) is 0 Å². The minimum Gasteiger partial charge on any atom is -0.340 e. The van der Waals surface area contributed by atoms with Gasteiger partial charge in [-0.05, 0) is 80.9 Å². The fourth-order valence-electron chi connectivity index (χ4n) is 3.37. The first-order chi connectivity index (χ1) is 16.2. The van der Waals surface area contributed by atoms with Crippen LogP contribution in [0.1, 0.15) is 17.0 Å². The Morgan fingerprint density at radius 3 is 1.79 bits per heavy atom. The van der Waals surface area contributed by atoms with Crippen molar-refractivity contribution in [1.82, 2.24) is 9.97 Å². The van der Waals surface area contributed by atoms with E-state index in [0.29, 0.717) is 28.7 Å². The molecule has 3 aromatic carbocycles. The molecular weight excluding hydrogens is 453 g/mol. The number of aryl methyl sites for hydroxylation is 3. The monoisotopic (exact) mass is 477 g/mol. The molecule has 0 atom stereocenters. The number of benzene rings is 3.